The first-order chi connectivity index (χ1) is 11.4. The smallest absolute Gasteiger partial charge is 0.279 e. The highest BCUT2D eigenvalue weighted by Gasteiger charge is 2.15. The van der Waals surface area contributed by atoms with Gasteiger partial charge in [-0.15, -0.1) is 0 Å². The molecule has 24 heavy (non-hydrogen) atoms. The van der Waals surface area contributed by atoms with Gasteiger partial charge in [0.05, 0.1) is 12.7 Å². The van der Waals surface area contributed by atoms with Gasteiger partial charge in [0.1, 0.15) is 0 Å². The third-order valence-electron chi connectivity index (χ3n) is 3.29. The highest BCUT2D eigenvalue weighted by Crippen LogP contribution is 2.16. The van der Waals surface area contributed by atoms with Crippen molar-refractivity contribution in [3.05, 3.63) is 53.3 Å². The molecule has 0 saturated heterocycles. The van der Waals surface area contributed by atoms with E-state index in [9.17, 15) is 9.59 Å². The summed E-state index contributed by atoms with van der Waals surface area (Å²) in [6.45, 7) is 2.31. The van der Waals surface area contributed by atoms with Crippen LogP contribution >= 0.6 is 11.6 Å². The average molecular weight is 348 g/mol. The van der Waals surface area contributed by atoms with Crippen molar-refractivity contribution in [2.24, 2.45) is 0 Å². The predicted octanol–water partition coefficient (Wildman–Crippen LogP) is 1.14. The number of carbonyl (C=O) groups excluding carboxylic acids is 2. The zero-order valence-corrected chi connectivity index (χ0v) is 14.4. The van der Waals surface area contributed by atoms with Crippen LogP contribution in [0.15, 0.2) is 42.6 Å². The van der Waals surface area contributed by atoms with Crippen molar-refractivity contribution < 1.29 is 14.5 Å². The van der Waals surface area contributed by atoms with Crippen molar-refractivity contribution in [3.63, 3.8) is 0 Å². The predicted molar refractivity (Wildman–Crippen MR) is 94.3 cm³/mol. The second-order valence-electron chi connectivity index (χ2n) is 5.61. The van der Waals surface area contributed by atoms with Crippen molar-refractivity contribution in [2.75, 3.05) is 30.8 Å². The highest BCUT2D eigenvalue weighted by atomic mass is 35.5. The standard InChI is InChI=1S/C17H19ClN4O2/c1-12-5-7-13(8-6-12)20-15(23)10-22(2)11-16(24)21-14-4-3-9-19-17(14)18/h3-9H,10-11H2,1-2H3,(H,20,23)(H,21,24)/p+1. The third-order valence-corrected chi connectivity index (χ3v) is 3.59. The van der Waals surface area contributed by atoms with Crippen LogP contribution < -0.4 is 15.5 Å². The minimum atomic E-state index is -0.231. The molecule has 0 saturated carbocycles. The Labute approximate surface area is 145 Å². The van der Waals surface area contributed by atoms with E-state index < -0.39 is 0 Å². The number of quaternary nitrogens is 1. The summed E-state index contributed by atoms with van der Waals surface area (Å²) in [5.41, 5.74) is 2.33. The number of anilines is 2. The Hall–Kier alpha value is -2.44. The Morgan fingerprint density at radius 1 is 1.08 bits per heavy atom. The van der Waals surface area contributed by atoms with Gasteiger partial charge in [-0.1, -0.05) is 29.3 Å². The van der Waals surface area contributed by atoms with E-state index in [-0.39, 0.29) is 30.1 Å². The SMILES string of the molecule is Cc1ccc(NC(=O)C[NH+](C)CC(=O)Nc2cccnc2Cl)cc1. The molecule has 7 heteroatoms. The zero-order chi connectivity index (χ0) is 17.5. The topological polar surface area (TPSA) is 75.5 Å². The summed E-state index contributed by atoms with van der Waals surface area (Å²) >= 11 is 5.89. The Balaban J connectivity index is 1.80. The molecule has 0 fully saturated rings. The lowest BCUT2D eigenvalue weighted by Gasteiger charge is -2.14. The Morgan fingerprint density at radius 3 is 2.33 bits per heavy atom. The maximum atomic E-state index is 12.0. The maximum absolute atomic E-state index is 12.0. The number of carbonyl (C=O) groups is 2. The molecule has 0 aliphatic heterocycles. The van der Waals surface area contributed by atoms with Crippen LogP contribution in [0.5, 0.6) is 0 Å². The van der Waals surface area contributed by atoms with E-state index in [1.165, 1.54) is 0 Å². The van der Waals surface area contributed by atoms with Crippen molar-refractivity contribution in [3.8, 4) is 0 Å². The number of halogens is 1. The fourth-order valence-corrected chi connectivity index (χ4v) is 2.29. The maximum Gasteiger partial charge on any atom is 0.279 e. The molecule has 0 radical (unpaired) electrons. The van der Waals surface area contributed by atoms with Crippen LogP contribution in [-0.4, -0.2) is 36.9 Å². The first-order valence-electron chi connectivity index (χ1n) is 7.52. The molecule has 0 aliphatic rings. The summed E-state index contributed by atoms with van der Waals surface area (Å²) in [5, 5.41) is 5.73. The van der Waals surface area contributed by atoms with Gasteiger partial charge in [0.25, 0.3) is 11.8 Å². The molecule has 1 unspecified atom stereocenters. The number of aryl methyl sites for hydroxylation is 1. The van der Waals surface area contributed by atoms with Gasteiger partial charge in [0.2, 0.25) is 0 Å². The third kappa shape index (κ3) is 5.64. The lowest BCUT2D eigenvalue weighted by Crippen LogP contribution is -3.11. The van der Waals surface area contributed by atoms with E-state index in [4.69, 9.17) is 11.6 Å². The number of nitrogens with one attached hydrogen (secondary N) is 3. The van der Waals surface area contributed by atoms with Crippen molar-refractivity contribution in [2.45, 2.75) is 6.92 Å². The lowest BCUT2D eigenvalue weighted by molar-refractivity contribution is -0.862. The van der Waals surface area contributed by atoms with Crippen LogP contribution in [0.4, 0.5) is 11.4 Å². The molecule has 3 N–H and O–H groups in total. The summed E-state index contributed by atoms with van der Waals surface area (Å²) in [6.07, 6.45) is 1.55. The fraction of sp³-hybridized carbons (Fsp3) is 0.235. The number of likely N-dealkylation sites (N-methyl/N-ethyl adjacent to an activating group) is 1. The molecule has 6 nitrogen and oxygen atoms in total. The van der Waals surface area contributed by atoms with E-state index in [0.717, 1.165) is 16.2 Å². The minimum absolute atomic E-state index is 0.145. The van der Waals surface area contributed by atoms with E-state index >= 15 is 0 Å². The Morgan fingerprint density at radius 2 is 1.71 bits per heavy atom. The number of benzene rings is 1. The molecular weight excluding hydrogens is 328 g/mol. The molecule has 2 aromatic rings. The molecule has 0 aliphatic carbocycles. The Bertz CT molecular complexity index is 719. The van der Waals surface area contributed by atoms with Gasteiger partial charge in [-0.25, -0.2) is 4.98 Å². The van der Waals surface area contributed by atoms with Gasteiger partial charge in [-0.2, -0.15) is 0 Å². The number of nitrogens with zero attached hydrogens (tertiary/aromatic N) is 1. The second-order valence-corrected chi connectivity index (χ2v) is 5.97. The summed E-state index contributed by atoms with van der Waals surface area (Å²) in [4.78, 5) is 28.7. The van der Waals surface area contributed by atoms with E-state index in [2.05, 4.69) is 15.6 Å². The summed E-state index contributed by atoms with van der Waals surface area (Å²) in [7, 11) is 1.78. The molecule has 2 amide bonds. The molecule has 2 rings (SSSR count). The van der Waals surface area contributed by atoms with Crippen molar-refractivity contribution in [1.29, 1.82) is 0 Å². The van der Waals surface area contributed by atoms with Crippen LogP contribution in [0.3, 0.4) is 0 Å². The van der Waals surface area contributed by atoms with E-state index in [1.807, 2.05) is 31.2 Å². The molecule has 1 heterocycles. The monoisotopic (exact) mass is 347 g/mol. The second kappa shape index (κ2) is 8.42. The van der Waals surface area contributed by atoms with Gasteiger partial charge >= 0.3 is 0 Å². The van der Waals surface area contributed by atoms with Gasteiger partial charge < -0.3 is 15.5 Å². The highest BCUT2D eigenvalue weighted by molar-refractivity contribution is 6.32. The van der Waals surface area contributed by atoms with Gasteiger partial charge in [0, 0.05) is 11.9 Å². The number of pyridine rings is 1. The zero-order valence-electron chi connectivity index (χ0n) is 13.6. The molecule has 0 spiro atoms. The Kier molecular flexibility index (Phi) is 6.28. The van der Waals surface area contributed by atoms with Crippen LogP contribution in [0.2, 0.25) is 5.15 Å². The summed E-state index contributed by atoms with van der Waals surface area (Å²) in [6, 6.07) is 10.9. The van der Waals surface area contributed by atoms with Crippen molar-refractivity contribution in [1.82, 2.24) is 4.98 Å². The molecule has 1 aromatic carbocycles. The first-order valence-corrected chi connectivity index (χ1v) is 7.90. The van der Waals surface area contributed by atoms with Gasteiger partial charge in [-0.3, -0.25) is 9.59 Å². The number of hydrogen-bond donors (Lipinski definition) is 3. The van der Waals surface area contributed by atoms with Crippen LogP contribution in [0.1, 0.15) is 5.56 Å². The number of amides is 2. The minimum Gasteiger partial charge on any atom is -0.322 e. The molecule has 1 atom stereocenters. The first kappa shape index (κ1) is 17.9. The molecule has 1 aromatic heterocycles. The summed E-state index contributed by atoms with van der Waals surface area (Å²) in [5.74, 6) is -0.380. The van der Waals surface area contributed by atoms with E-state index in [1.54, 1.807) is 25.4 Å². The fourth-order valence-electron chi connectivity index (χ4n) is 2.13. The van der Waals surface area contributed by atoms with Crippen LogP contribution in [0.25, 0.3) is 0 Å². The van der Waals surface area contributed by atoms with E-state index in [0.29, 0.717) is 5.69 Å². The normalized spacial score (nSPS) is 11.6. The number of rotatable bonds is 6. The molecule has 126 valence electrons. The summed E-state index contributed by atoms with van der Waals surface area (Å²) < 4.78 is 0. The number of aromatic nitrogens is 1. The average Bonchev–Trinajstić information content (AvgIpc) is 2.51. The quantitative estimate of drug-likeness (QED) is 0.686. The largest absolute Gasteiger partial charge is 0.322 e. The van der Waals surface area contributed by atoms with Gasteiger partial charge in [-0.05, 0) is 31.2 Å². The van der Waals surface area contributed by atoms with Crippen molar-refractivity contribution >= 4 is 34.8 Å². The lowest BCUT2D eigenvalue weighted by atomic mass is 10.2. The van der Waals surface area contributed by atoms with Crippen LogP contribution in [-0.2, 0) is 9.59 Å². The molecule has 0 bridgehead atoms. The molecular formula is C17H20ClN4O2+. The van der Waals surface area contributed by atoms with Crippen LogP contribution in [0, 0.1) is 6.92 Å². The number of hydrogen-bond acceptors (Lipinski definition) is 3. The van der Waals surface area contributed by atoms with Gasteiger partial charge in [0.15, 0.2) is 18.2 Å².